The minimum Gasteiger partial charge on any atom is -0.406 e. The molecule has 6 nitrogen and oxygen atoms in total. The van der Waals surface area contributed by atoms with E-state index in [0.29, 0.717) is 0 Å². The average molecular weight is 452 g/mol. The summed E-state index contributed by atoms with van der Waals surface area (Å²) in [6.07, 6.45) is -4.88. The molecule has 1 unspecified atom stereocenters. The van der Waals surface area contributed by atoms with Crippen LogP contribution >= 0.6 is 0 Å². The number of hydrogen-bond acceptors (Lipinski definition) is 4. The van der Waals surface area contributed by atoms with Crippen molar-refractivity contribution in [2.45, 2.75) is 24.2 Å². The lowest BCUT2D eigenvalue weighted by molar-refractivity contribution is -0.274. The van der Waals surface area contributed by atoms with Crippen molar-refractivity contribution in [2.24, 2.45) is 0 Å². The fraction of sp³-hybridized carbons (Fsp3) is 0.190. The van der Waals surface area contributed by atoms with E-state index in [-0.39, 0.29) is 10.9 Å². The third-order valence-corrected chi connectivity index (χ3v) is 5.86. The van der Waals surface area contributed by atoms with Crippen LogP contribution < -0.4 is 14.8 Å². The first-order chi connectivity index (χ1) is 14.5. The summed E-state index contributed by atoms with van der Waals surface area (Å²) in [7, 11) is -4.09. The van der Waals surface area contributed by atoms with Crippen LogP contribution in [0.15, 0.2) is 71.6 Å². The molecule has 0 saturated heterocycles. The quantitative estimate of drug-likeness (QED) is 0.570. The van der Waals surface area contributed by atoms with Crippen LogP contribution in [0.4, 0.5) is 13.2 Å². The monoisotopic (exact) mass is 452 g/mol. The van der Waals surface area contributed by atoms with Gasteiger partial charge < -0.3 is 10.1 Å². The van der Waals surface area contributed by atoms with E-state index >= 15 is 0 Å². The van der Waals surface area contributed by atoms with Crippen molar-refractivity contribution in [1.82, 2.24) is 10.0 Å². The number of nitrogens with one attached hydrogen (secondary N) is 2. The van der Waals surface area contributed by atoms with Gasteiger partial charge in [-0.1, -0.05) is 36.4 Å². The van der Waals surface area contributed by atoms with E-state index in [1.54, 1.807) is 6.92 Å². The molecule has 0 saturated carbocycles. The van der Waals surface area contributed by atoms with E-state index in [2.05, 4.69) is 14.8 Å². The molecule has 3 aromatic rings. The van der Waals surface area contributed by atoms with Gasteiger partial charge in [-0.05, 0) is 53.6 Å². The second kappa shape index (κ2) is 8.94. The van der Waals surface area contributed by atoms with Gasteiger partial charge in [0.2, 0.25) is 15.9 Å². The molecule has 0 aliphatic heterocycles. The molecule has 0 fully saturated rings. The van der Waals surface area contributed by atoms with Crippen molar-refractivity contribution in [3.63, 3.8) is 0 Å². The Morgan fingerprint density at radius 2 is 1.65 bits per heavy atom. The Bertz CT molecular complexity index is 1180. The van der Waals surface area contributed by atoms with E-state index in [4.69, 9.17) is 0 Å². The molecule has 1 atom stereocenters. The third kappa shape index (κ3) is 6.19. The summed E-state index contributed by atoms with van der Waals surface area (Å²) < 4.78 is 67.0. The highest BCUT2D eigenvalue weighted by Gasteiger charge is 2.31. The molecule has 164 valence electrons. The van der Waals surface area contributed by atoms with E-state index in [9.17, 15) is 26.4 Å². The Balaban J connectivity index is 1.58. The lowest BCUT2D eigenvalue weighted by Gasteiger charge is -2.15. The van der Waals surface area contributed by atoms with Gasteiger partial charge in [-0.2, -0.15) is 0 Å². The van der Waals surface area contributed by atoms with E-state index in [1.807, 2.05) is 42.5 Å². The second-order valence-corrected chi connectivity index (χ2v) is 8.51. The van der Waals surface area contributed by atoms with Crippen molar-refractivity contribution in [3.8, 4) is 5.75 Å². The minimum absolute atomic E-state index is 0.294. The first kappa shape index (κ1) is 22.6. The summed E-state index contributed by atoms with van der Waals surface area (Å²) in [6, 6.07) is 16.8. The number of benzene rings is 3. The van der Waals surface area contributed by atoms with Crippen LogP contribution in [-0.2, 0) is 14.8 Å². The highest BCUT2D eigenvalue weighted by molar-refractivity contribution is 7.89. The molecule has 0 spiro atoms. The van der Waals surface area contributed by atoms with Gasteiger partial charge in [-0.3, -0.25) is 4.79 Å². The molecular weight excluding hydrogens is 433 g/mol. The largest absolute Gasteiger partial charge is 0.573 e. The second-order valence-electron chi connectivity index (χ2n) is 6.74. The van der Waals surface area contributed by atoms with Gasteiger partial charge in [0.1, 0.15) is 5.75 Å². The molecule has 0 aliphatic carbocycles. The maximum absolute atomic E-state index is 12.3. The molecule has 2 N–H and O–H groups in total. The Morgan fingerprint density at radius 3 is 2.29 bits per heavy atom. The van der Waals surface area contributed by atoms with Gasteiger partial charge in [0.05, 0.1) is 17.5 Å². The average Bonchev–Trinajstić information content (AvgIpc) is 2.71. The molecule has 0 heterocycles. The molecule has 1 amide bonds. The maximum Gasteiger partial charge on any atom is 0.573 e. The highest BCUT2D eigenvalue weighted by Crippen LogP contribution is 2.24. The van der Waals surface area contributed by atoms with Crippen molar-refractivity contribution >= 4 is 26.7 Å². The number of amides is 1. The lowest BCUT2D eigenvalue weighted by atomic mass is 10.0. The van der Waals surface area contributed by atoms with Crippen molar-refractivity contribution in [2.75, 3.05) is 6.54 Å². The number of alkyl halides is 3. The number of hydrogen-bond donors (Lipinski definition) is 2. The molecule has 10 heteroatoms. The molecule has 0 bridgehead atoms. The first-order valence-electron chi connectivity index (χ1n) is 9.17. The van der Waals surface area contributed by atoms with Crippen LogP contribution in [0.1, 0.15) is 18.5 Å². The standard InChI is InChI=1S/C21H19F3N2O4S/c1-14(16-7-6-15-4-2-3-5-17(15)12-16)26-20(27)13-25-31(28,29)19-10-8-18(9-11-19)30-21(22,23)24/h2-12,14,25H,13H2,1H3,(H,26,27). The van der Waals surface area contributed by atoms with Gasteiger partial charge in [-0.15, -0.1) is 13.2 Å². The Morgan fingerprint density at radius 1 is 1.00 bits per heavy atom. The van der Waals surface area contributed by atoms with E-state index in [0.717, 1.165) is 40.6 Å². The number of ether oxygens (including phenoxy) is 1. The summed E-state index contributed by atoms with van der Waals surface area (Å²) in [4.78, 5) is 11.9. The van der Waals surface area contributed by atoms with E-state index < -0.39 is 34.6 Å². The van der Waals surface area contributed by atoms with Gasteiger partial charge in [-0.25, -0.2) is 13.1 Å². The third-order valence-electron chi connectivity index (χ3n) is 4.44. The zero-order chi connectivity index (χ0) is 22.6. The molecule has 0 radical (unpaired) electrons. The summed E-state index contributed by atoms with van der Waals surface area (Å²) in [6.45, 7) is 1.25. The maximum atomic E-state index is 12.3. The number of rotatable bonds is 7. The van der Waals surface area contributed by atoms with Crippen LogP contribution in [0.2, 0.25) is 0 Å². The SMILES string of the molecule is CC(NC(=O)CNS(=O)(=O)c1ccc(OC(F)(F)F)cc1)c1ccc2ccccc2c1. The minimum atomic E-state index is -4.88. The van der Waals surface area contributed by atoms with Crippen LogP contribution in [0.5, 0.6) is 5.75 Å². The molecule has 0 aromatic heterocycles. The molecular formula is C21H19F3N2O4S. The number of carbonyl (C=O) groups is 1. The predicted molar refractivity (Wildman–Crippen MR) is 109 cm³/mol. The van der Waals surface area contributed by atoms with Crippen LogP contribution in [0.3, 0.4) is 0 Å². The van der Waals surface area contributed by atoms with Gasteiger partial charge in [0.15, 0.2) is 0 Å². The molecule has 0 aliphatic rings. The van der Waals surface area contributed by atoms with Crippen molar-refractivity contribution < 1.29 is 31.1 Å². The smallest absolute Gasteiger partial charge is 0.406 e. The summed E-state index contributed by atoms with van der Waals surface area (Å²) in [5.41, 5.74) is 0.857. The van der Waals surface area contributed by atoms with Gasteiger partial charge in [0, 0.05) is 0 Å². The van der Waals surface area contributed by atoms with Crippen LogP contribution in [0, 0.1) is 0 Å². The van der Waals surface area contributed by atoms with Crippen LogP contribution in [-0.4, -0.2) is 27.2 Å². The summed E-state index contributed by atoms with van der Waals surface area (Å²) in [5.74, 6) is -1.10. The predicted octanol–water partition coefficient (Wildman–Crippen LogP) is 3.89. The number of sulfonamides is 1. The number of carbonyl (C=O) groups excluding carboxylic acids is 1. The molecule has 3 rings (SSSR count). The van der Waals surface area contributed by atoms with Gasteiger partial charge in [0.25, 0.3) is 0 Å². The van der Waals surface area contributed by atoms with Crippen LogP contribution in [0.25, 0.3) is 10.8 Å². The fourth-order valence-electron chi connectivity index (χ4n) is 2.92. The topological polar surface area (TPSA) is 84.5 Å². The van der Waals surface area contributed by atoms with Gasteiger partial charge >= 0.3 is 6.36 Å². The lowest BCUT2D eigenvalue weighted by Crippen LogP contribution is -2.38. The Hall–Kier alpha value is -3.11. The zero-order valence-corrected chi connectivity index (χ0v) is 17.1. The fourth-order valence-corrected chi connectivity index (χ4v) is 3.90. The molecule has 3 aromatic carbocycles. The van der Waals surface area contributed by atoms with Crippen molar-refractivity contribution in [3.05, 3.63) is 72.3 Å². The van der Waals surface area contributed by atoms with E-state index in [1.165, 1.54) is 0 Å². The van der Waals surface area contributed by atoms with Crippen molar-refractivity contribution in [1.29, 1.82) is 0 Å². The molecule has 31 heavy (non-hydrogen) atoms. The number of halogens is 3. The zero-order valence-electron chi connectivity index (χ0n) is 16.3. The summed E-state index contributed by atoms with van der Waals surface area (Å²) >= 11 is 0. The Kier molecular flexibility index (Phi) is 6.51. The first-order valence-corrected chi connectivity index (χ1v) is 10.7. The summed E-state index contributed by atoms with van der Waals surface area (Å²) in [5, 5.41) is 4.78. The Labute approximate surface area is 177 Å². The highest BCUT2D eigenvalue weighted by atomic mass is 32.2. The normalized spacial score (nSPS) is 13.0. The number of fused-ring (bicyclic) bond motifs is 1.